The largest absolute Gasteiger partial charge is 0.293 e. The van der Waals surface area contributed by atoms with Crippen LogP contribution in [0.5, 0.6) is 0 Å². The minimum Gasteiger partial charge on any atom is -0.293 e. The fourth-order valence-corrected chi connectivity index (χ4v) is 3.36. The van der Waals surface area contributed by atoms with Crippen LogP contribution in [-0.4, -0.2) is 26.3 Å². The smallest absolute Gasteiger partial charge is 0.209 e. The van der Waals surface area contributed by atoms with Crippen molar-refractivity contribution in [1.29, 1.82) is 0 Å². The Balaban J connectivity index is 1.54. The van der Waals surface area contributed by atoms with Gasteiger partial charge in [-0.25, -0.2) is 18.4 Å². The number of thioether (sulfide) groups is 1. The van der Waals surface area contributed by atoms with Gasteiger partial charge in [0.25, 0.3) is 0 Å². The lowest BCUT2D eigenvalue weighted by Crippen LogP contribution is -2.06. The topological polar surface area (TPSA) is 47.8 Å². The van der Waals surface area contributed by atoms with Gasteiger partial charge in [0.2, 0.25) is 5.16 Å². The molecule has 4 nitrogen and oxygen atoms in total. The van der Waals surface area contributed by atoms with Crippen molar-refractivity contribution in [3.8, 4) is 5.69 Å². The van der Waals surface area contributed by atoms with Crippen LogP contribution >= 0.6 is 11.8 Å². The maximum atomic E-state index is 13.7. The van der Waals surface area contributed by atoms with Crippen molar-refractivity contribution in [1.82, 2.24) is 14.8 Å². The summed E-state index contributed by atoms with van der Waals surface area (Å²) in [7, 11) is 0. The molecule has 1 saturated carbocycles. The Hall–Kier alpha value is -2.54. The Morgan fingerprint density at radius 1 is 1.15 bits per heavy atom. The normalized spacial score (nSPS) is 13.8. The lowest BCUT2D eigenvalue weighted by Gasteiger charge is -2.03. The molecule has 0 radical (unpaired) electrons. The lowest BCUT2D eigenvalue weighted by atomic mass is 10.1. The van der Waals surface area contributed by atoms with E-state index in [4.69, 9.17) is 0 Å². The highest BCUT2D eigenvalue weighted by Gasteiger charge is 2.30. The predicted molar refractivity (Wildman–Crippen MR) is 94.7 cm³/mol. The van der Waals surface area contributed by atoms with Gasteiger partial charge in [-0.05, 0) is 43.2 Å². The number of aromatic nitrogens is 3. The Morgan fingerprint density at radius 3 is 2.65 bits per heavy atom. The summed E-state index contributed by atoms with van der Waals surface area (Å²) in [5.74, 6) is -0.642. The van der Waals surface area contributed by atoms with Crippen molar-refractivity contribution in [2.75, 3.05) is 5.75 Å². The third kappa shape index (κ3) is 3.53. The molecule has 26 heavy (non-hydrogen) atoms. The molecule has 0 aliphatic heterocycles. The molecule has 2 aromatic carbocycles. The first-order valence-electron chi connectivity index (χ1n) is 8.25. The number of hydrogen-bond donors (Lipinski definition) is 0. The monoisotopic (exact) mass is 371 g/mol. The molecule has 1 heterocycles. The van der Waals surface area contributed by atoms with Crippen LogP contribution in [0, 0.1) is 11.6 Å². The molecule has 4 rings (SSSR count). The van der Waals surface area contributed by atoms with Gasteiger partial charge in [0.05, 0.1) is 17.0 Å². The fourth-order valence-electron chi connectivity index (χ4n) is 2.65. The summed E-state index contributed by atoms with van der Waals surface area (Å²) in [6.45, 7) is 0. The van der Waals surface area contributed by atoms with Crippen molar-refractivity contribution >= 4 is 17.5 Å². The minimum atomic E-state index is -0.724. The number of Topliss-reactive ketones (excluding diaryl/α,β-unsaturated/α-hetero) is 1. The van der Waals surface area contributed by atoms with Gasteiger partial charge < -0.3 is 0 Å². The number of nitrogens with zero attached hydrogens (tertiary/aromatic N) is 3. The molecule has 0 amide bonds. The van der Waals surface area contributed by atoms with Gasteiger partial charge in [-0.1, -0.05) is 30.0 Å². The predicted octanol–water partition coefficient (Wildman–Crippen LogP) is 4.40. The van der Waals surface area contributed by atoms with Crippen LogP contribution in [0.4, 0.5) is 8.78 Å². The summed E-state index contributed by atoms with van der Waals surface area (Å²) in [5.41, 5.74) is 0.665. The molecule has 7 heteroatoms. The van der Waals surface area contributed by atoms with Crippen LogP contribution in [0.25, 0.3) is 5.69 Å². The molecule has 3 aromatic rings. The highest BCUT2D eigenvalue weighted by atomic mass is 32.2. The van der Waals surface area contributed by atoms with Gasteiger partial charge in [-0.3, -0.25) is 4.79 Å². The van der Waals surface area contributed by atoms with Crippen molar-refractivity contribution in [3.63, 3.8) is 0 Å². The second-order valence-corrected chi connectivity index (χ2v) is 7.05. The zero-order valence-electron chi connectivity index (χ0n) is 13.7. The second-order valence-electron chi connectivity index (χ2n) is 6.11. The van der Waals surface area contributed by atoms with Crippen molar-refractivity contribution < 1.29 is 13.6 Å². The molecular weight excluding hydrogens is 356 g/mol. The average Bonchev–Trinajstić information content (AvgIpc) is 3.42. The van der Waals surface area contributed by atoms with Crippen molar-refractivity contribution in [3.05, 3.63) is 71.6 Å². The van der Waals surface area contributed by atoms with Gasteiger partial charge in [0, 0.05) is 5.92 Å². The molecule has 0 N–H and O–H groups in total. The Labute approximate surface area is 153 Å². The van der Waals surface area contributed by atoms with E-state index >= 15 is 0 Å². The number of para-hydroxylation sites is 1. The number of rotatable bonds is 6. The van der Waals surface area contributed by atoms with Gasteiger partial charge in [-0.15, -0.1) is 5.10 Å². The van der Waals surface area contributed by atoms with E-state index in [1.54, 1.807) is 4.68 Å². The first-order chi connectivity index (χ1) is 12.6. The molecule has 1 aliphatic rings. The summed E-state index contributed by atoms with van der Waals surface area (Å²) in [6, 6.07) is 12.5. The number of carbonyl (C=O) groups excluding carboxylic acids is 1. The summed E-state index contributed by atoms with van der Waals surface area (Å²) in [5, 5.41) is 4.95. The molecule has 132 valence electrons. The molecular formula is C19H15F2N3OS. The summed E-state index contributed by atoms with van der Waals surface area (Å²) in [6.07, 6.45) is 2.14. The maximum Gasteiger partial charge on any atom is 0.209 e. The highest BCUT2D eigenvalue weighted by Crippen LogP contribution is 2.40. The molecule has 1 aliphatic carbocycles. The molecule has 0 unspecified atom stereocenters. The van der Waals surface area contributed by atoms with Gasteiger partial charge >= 0.3 is 0 Å². The van der Waals surface area contributed by atoms with Crippen LogP contribution in [-0.2, 0) is 0 Å². The molecule has 0 spiro atoms. The third-order valence-electron chi connectivity index (χ3n) is 4.12. The van der Waals surface area contributed by atoms with E-state index in [9.17, 15) is 13.6 Å². The zero-order valence-corrected chi connectivity index (χ0v) is 14.5. The number of halogens is 2. The van der Waals surface area contributed by atoms with E-state index in [0.29, 0.717) is 11.1 Å². The summed E-state index contributed by atoms with van der Waals surface area (Å²) >= 11 is 1.13. The van der Waals surface area contributed by atoms with E-state index in [1.807, 2.05) is 30.3 Å². The second kappa shape index (κ2) is 6.99. The molecule has 0 saturated heterocycles. The number of carbonyl (C=O) groups is 1. The Kier molecular flexibility index (Phi) is 4.55. The van der Waals surface area contributed by atoms with Crippen LogP contribution in [0.1, 0.15) is 34.9 Å². The van der Waals surface area contributed by atoms with E-state index < -0.39 is 17.4 Å². The first kappa shape index (κ1) is 16.9. The molecule has 1 fully saturated rings. The molecule has 1 aromatic heterocycles. The van der Waals surface area contributed by atoms with Gasteiger partial charge in [-0.2, -0.15) is 0 Å². The average molecular weight is 371 g/mol. The summed E-state index contributed by atoms with van der Waals surface area (Å²) < 4.78 is 28.8. The maximum absolute atomic E-state index is 13.7. The van der Waals surface area contributed by atoms with Crippen LogP contribution in [0.15, 0.2) is 53.7 Å². The SMILES string of the molecule is O=C(CSc1nc(C2CC2)n(-c2ccccc2)n1)c1cc(F)ccc1F. The third-order valence-corrected chi connectivity index (χ3v) is 4.95. The minimum absolute atomic E-state index is 0.0523. The van der Waals surface area contributed by atoms with E-state index in [2.05, 4.69) is 10.1 Å². The fraction of sp³-hybridized carbons (Fsp3) is 0.211. The number of ketones is 1. The van der Waals surface area contributed by atoms with Crippen molar-refractivity contribution in [2.24, 2.45) is 0 Å². The van der Waals surface area contributed by atoms with E-state index in [0.717, 1.165) is 54.3 Å². The number of benzene rings is 2. The van der Waals surface area contributed by atoms with Crippen LogP contribution in [0.2, 0.25) is 0 Å². The summed E-state index contributed by atoms with van der Waals surface area (Å²) in [4.78, 5) is 16.8. The van der Waals surface area contributed by atoms with Gasteiger partial charge in [0.1, 0.15) is 17.5 Å². The Bertz CT molecular complexity index is 955. The van der Waals surface area contributed by atoms with Crippen LogP contribution in [0.3, 0.4) is 0 Å². The standard InChI is InChI=1S/C19H15F2N3OS/c20-13-8-9-16(21)15(10-13)17(25)11-26-19-22-18(12-6-7-12)24(23-19)14-4-2-1-3-5-14/h1-5,8-10,12H,6-7,11H2. The quantitative estimate of drug-likeness (QED) is 0.476. The highest BCUT2D eigenvalue weighted by molar-refractivity contribution is 7.99. The molecule has 0 atom stereocenters. The Morgan fingerprint density at radius 2 is 1.92 bits per heavy atom. The van der Waals surface area contributed by atoms with Gasteiger partial charge in [0.15, 0.2) is 5.78 Å². The van der Waals surface area contributed by atoms with Crippen LogP contribution < -0.4 is 0 Å². The zero-order chi connectivity index (χ0) is 18.1. The number of hydrogen-bond acceptors (Lipinski definition) is 4. The van der Waals surface area contributed by atoms with Crippen molar-refractivity contribution in [2.45, 2.75) is 23.9 Å². The molecule has 0 bridgehead atoms. The lowest BCUT2D eigenvalue weighted by molar-refractivity contribution is 0.101. The van der Waals surface area contributed by atoms with E-state index in [-0.39, 0.29) is 11.3 Å². The van der Waals surface area contributed by atoms with E-state index in [1.165, 1.54) is 0 Å². The first-order valence-corrected chi connectivity index (χ1v) is 9.24.